The highest BCUT2D eigenvalue weighted by atomic mass is 32.1. The summed E-state index contributed by atoms with van der Waals surface area (Å²) < 4.78 is 5.06. The van der Waals surface area contributed by atoms with Gasteiger partial charge in [0.15, 0.2) is 5.54 Å². The standard InChI is InChI=1S/C11H13NO4S/c13-9(5-8-1-4-17-6-8)12-11(10(14)15)2-3-16-7-11/h1,4,6H,2-3,5,7H2,(H,12,13)(H,14,15). The summed E-state index contributed by atoms with van der Waals surface area (Å²) in [6.45, 7) is 0.405. The van der Waals surface area contributed by atoms with E-state index in [1.807, 2.05) is 16.8 Å². The molecule has 1 aliphatic rings. The molecule has 1 aromatic heterocycles. The van der Waals surface area contributed by atoms with Crippen LogP contribution in [0.1, 0.15) is 12.0 Å². The normalized spacial score (nSPS) is 23.5. The summed E-state index contributed by atoms with van der Waals surface area (Å²) in [7, 11) is 0. The molecule has 2 rings (SSSR count). The van der Waals surface area contributed by atoms with E-state index in [1.54, 1.807) is 0 Å². The molecule has 1 saturated heterocycles. The van der Waals surface area contributed by atoms with Gasteiger partial charge in [0, 0.05) is 13.0 Å². The summed E-state index contributed by atoms with van der Waals surface area (Å²) in [6, 6.07) is 1.85. The summed E-state index contributed by atoms with van der Waals surface area (Å²) in [6.07, 6.45) is 0.524. The lowest BCUT2D eigenvalue weighted by molar-refractivity contribution is -0.147. The molecule has 6 heteroatoms. The number of ether oxygens (including phenoxy) is 1. The van der Waals surface area contributed by atoms with E-state index in [-0.39, 0.29) is 18.9 Å². The highest BCUT2D eigenvalue weighted by Gasteiger charge is 2.43. The number of thiophene rings is 1. The van der Waals surface area contributed by atoms with E-state index in [4.69, 9.17) is 9.84 Å². The van der Waals surface area contributed by atoms with Crippen LogP contribution in [0.4, 0.5) is 0 Å². The molecule has 1 aromatic rings. The van der Waals surface area contributed by atoms with Crippen molar-refractivity contribution in [3.63, 3.8) is 0 Å². The smallest absolute Gasteiger partial charge is 0.331 e. The van der Waals surface area contributed by atoms with Gasteiger partial charge in [-0.1, -0.05) is 0 Å². The zero-order valence-corrected chi connectivity index (χ0v) is 9.96. The van der Waals surface area contributed by atoms with Crippen molar-refractivity contribution < 1.29 is 19.4 Å². The second-order valence-corrected chi connectivity index (χ2v) is 4.83. The summed E-state index contributed by atoms with van der Waals surface area (Å²) in [5, 5.41) is 15.5. The van der Waals surface area contributed by atoms with E-state index in [2.05, 4.69) is 5.32 Å². The van der Waals surface area contributed by atoms with Crippen molar-refractivity contribution in [2.45, 2.75) is 18.4 Å². The lowest BCUT2D eigenvalue weighted by atomic mass is 9.98. The van der Waals surface area contributed by atoms with Crippen molar-refractivity contribution in [1.29, 1.82) is 0 Å². The van der Waals surface area contributed by atoms with Gasteiger partial charge in [-0.2, -0.15) is 11.3 Å². The van der Waals surface area contributed by atoms with Crippen LogP contribution < -0.4 is 5.32 Å². The predicted molar refractivity (Wildman–Crippen MR) is 62.0 cm³/mol. The van der Waals surface area contributed by atoms with Gasteiger partial charge >= 0.3 is 5.97 Å². The topological polar surface area (TPSA) is 75.6 Å². The minimum Gasteiger partial charge on any atom is -0.479 e. The van der Waals surface area contributed by atoms with Crippen molar-refractivity contribution in [2.75, 3.05) is 13.2 Å². The van der Waals surface area contributed by atoms with Gasteiger partial charge in [-0.15, -0.1) is 0 Å². The molecule has 2 N–H and O–H groups in total. The van der Waals surface area contributed by atoms with E-state index < -0.39 is 11.5 Å². The van der Waals surface area contributed by atoms with E-state index in [0.717, 1.165) is 5.56 Å². The molecule has 1 aliphatic heterocycles. The number of amides is 1. The summed E-state index contributed by atoms with van der Waals surface area (Å²) in [4.78, 5) is 22.9. The molecular weight excluding hydrogens is 242 g/mol. The Morgan fingerprint density at radius 2 is 2.41 bits per heavy atom. The van der Waals surface area contributed by atoms with Crippen LogP contribution in [0, 0.1) is 0 Å². The molecule has 0 aromatic carbocycles. The number of carbonyl (C=O) groups excluding carboxylic acids is 1. The molecule has 92 valence electrons. The third-order valence-electron chi connectivity index (χ3n) is 2.75. The van der Waals surface area contributed by atoms with E-state index in [1.165, 1.54) is 11.3 Å². The van der Waals surface area contributed by atoms with Crippen LogP contribution in [0.15, 0.2) is 16.8 Å². The Balaban J connectivity index is 1.99. The summed E-state index contributed by atoms with van der Waals surface area (Å²) in [5.74, 6) is -1.31. The minimum atomic E-state index is -1.24. The van der Waals surface area contributed by atoms with Crippen LogP contribution in [0.3, 0.4) is 0 Å². The summed E-state index contributed by atoms with van der Waals surface area (Å²) >= 11 is 1.51. The number of carboxylic acid groups (broad SMARTS) is 1. The number of hydrogen-bond donors (Lipinski definition) is 2. The van der Waals surface area contributed by atoms with Crippen molar-refractivity contribution in [3.05, 3.63) is 22.4 Å². The molecule has 1 atom stereocenters. The van der Waals surface area contributed by atoms with E-state index >= 15 is 0 Å². The molecule has 0 radical (unpaired) electrons. The van der Waals surface area contributed by atoms with Crippen LogP contribution in [-0.4, -0.2) is 35.7 Å². The Kier molecular flexibility index (Phi) is 3.44. The van der Waals surface area contributed by atoms with Crippen molar-refractivity contribution in [1.82, 2.24) is 5.32 Å². The molecule has 2 heterocycles. The number of carbonyl (C=O) groups is 2. The first-order chi connectivity index (χ1) is 8.12. The van der Waals surface area contributed by atoms with Crippen molar-refractivity contribution >= 4 is 23.2 Å². The molecule has 1 amide bonds. The third kappa shape index (κ3) is 2.65. The van der Waals surface area contributed by atoms with Crippen LogP contribution in [0.2, 0.25) is 0 Å². The van der Waals surface area contributed by atoms with Gasteiger partial charge in [-0.3, -0.25) is 4.79 Å². The molecule has 0 aliphatic carbocycles. The first-order valence-electron chi connectivity index (χ1n) is 5.26. The first kappa shape index (κ1) is 12.1. The second kappa shape index (κ2) is 4.85. The fourth-order valence-electron chi connectivity index (χ4n) is 1.78. The summed E-state index contributed by atoms with van der Waals surface area (Å²) in [5.41, 5.74) is -0.348. The number of carboxylic acids is 1. The first-order valence-corrected chi connectivity index (χ1v) is 6.20. The van der Waals surface area contributed by atoms with Crippen LogP contribution in [0.25, 0.3) is 0 Å². The van der Waals surface area contributed by atoms with Crippen molar-refractivity contribution in [3.8, 4) is 0 Å². The molecule has 0 bridgehead atoms. The maximum absolute atomic E-state index is 11.8. The fraction of sp³-hybridized carbons (Fsp3) is 0.455. The maximum Gasteiger partial charge on any atom is 0.331 e. The second-order valence-electron chi connectivity index (χ2n) is 4.05. The van der Waals surface area contributed by atoms with Gasteiger partial charge in [0.25, 0.3) is 0 Å². The average molecular weight is 255 g/mol. The zero-order chi connectivity index (χ0) is 12.3. The van der Waals surface area contributed by atoms with Gasteiger partial charge < -0.3 is 15.2 Å². The van der Waals surface area contributed by atoms with Crippen LogP contribution in [0.5, 0.6) is 0 Å². The van der Waals surface area contributed by atoms with Gasteiger partial charge in [0.05, 0.1) is 13.0 Å². The predicted octanol–water partition coefficient (Wildman–Crippen LogP) is 0.651. The van der Waals surface area contributed by atoms with Gasteiger partial charge in [-0.05, 0) is 22.4 Å². The molecule has 1 fully saturated rings. The van der Waals surface area contributed by atoms with Crippen LogP contribution >= 0.6 is 11.3 Å². The monoisotopic (exact) mass is 255 g/mol. The average Bonchev–Trinajstić information content (AvgIpc) is 2.89. The number of aliphatic carboxylic acids is 1. The molecule has 1 unspecified atom stereocenters. The largest absolute Gasteiger partial charge is 0.479 e. The quantitative estimate of drug-likeness (QED) is 0.828. The Bertz CT molecular complexity index is 409. The number of rotatable bonds is 4. The van der Waals surface area contributed by atoms with Crippen molar-refractivity contribution in [2.24, 2.45) is 0 Å². The van der Waals surface area contributed by atoms with E-state index in [0.29, 0.717) is 13.0 Å². The molecule has 0 spiro atoms. The fourth-order valence-corrected chi connectivity index (χ4v) is 2.44. The Morgan fingerprint density at radius 1 is 1.59 bits per heavy atom. The zero-order valence-electron chi connectivity index (χ0n) is 9.14. The number of nitrogens with one attached hydrogen (secondary N) is 1. The highest BCUT2D eigenvalue weighted by Crippen LogP contribution is 2.19. The molecular formula is C11H13NO4S. The lowest BCUT2D eigenvalue weighted by Crippen LogP contribution is -2.55. The Morgan fingerprint density at radius 3 is 2.94 bits per heavy atom. The molecule has 0 saturated carbocycles. The maximum atomic E-state index is 11.8. The van der Waals surface area contributed by atoms with E-state index in [9.17, 15) is 9.59 Å². The minimum absolute atomic E-state index is 0.0394. The highest BCUT2D eigenvalue weighted by molar-refractivity contribution is 7.07. The van der Waals surface area contributed by atoms with Gasteiger partial charge in [0.1, 0.15) is 0 Å². The lowest BCUT2D eigenvalue weighted by Gasteiger charge is -2.23. The third-order valence-corrected chi connectivity index (χ3v) is 3.49. The van der Waals surface area contributed by atoms with Gasteiger partial charge in [-0.25, -0.2) is 4.79 Å². The molecule has 17 heavy (non-hydrogen) atoms. The Labute approximate surface area is 102 Å². The SMILES string of the molecule is O=C(Cc1ccsc1)NC1(C(=O)O)CCOC1. The molecule has 5 nitrogen and oxygen atoms in total. The van der Waals surface area contributed by atoms with Crippen LogP contribution in [-0.2, 0) is 20.7 Å². The van der Waals surface area contributed by atoms with Gasteiger partial charge in [0.2, 0.25) is 5.91 Å². The Hall–Kier alpha value is -1.40. The number of hydrogen-bond acceptors (Lipinski definition) is 4.